The Morgan fingerprint density at radius 3 is 2.44 bits per heavy atom. The molecule has 0 bridgehead atoms. The number of nitrogens with zero attached hydrogens (tertiary/aromatic N) is 3. The molecule has 0 aliphatic carbocycles. The van der Waals surface area contributed by atoms with E-state index in [2.05, 4.69) is 10.3 Å². The Bertz CT molecular complexity index is 1140. The van der Waals surface area contributed by atoms with Crippen LogP contribution in [0.4, 0.5) is 5.69 Å². The summed E-state index contributed by atoms with van der Waals surface area (Å²) in [5, 5.41) is 3.29. The maximum absolute atomic E-state index is 13.4. The van der Waals surface area contributed by atoms with Gasteiger partial charge in [-0.05, 0) is 60.6 Å². The van der Waals surface area contributed by atoms with E-state index in [1.54, 1.807) is 41.6 Å². The summed E-state index contributed by atoms with van der Waals surface area (Å²) in [6, 6.07) is 19.9. The normalized spacial score (nSPS) is 15.5. The van der Waals surface area contributed by atoms with Gasteiger partial charge in [0.2, 0.25) is 5.91 Å². The lowest BCUT2D eigenvalue weighted by atomic mass is 10.1. The first-order valence-electron chi connectivity index (χ1n) is 11.1. The summed E-state index contributed by atoms with van der Waals surface area (Å²) in [4.78, 5) is 33.9. The van der Waals surface area contributed by atoms with E-state index in [-0.39, 0.29) is 18.2 Å². The Morgan fingerprint density at radius 2 is 1.76 bits per heavy atom. The summed E-state index contributed by atoms with van der Waals surface area (Å²) >= 11 is 5.70. The van der Waals surface area contributed by atoms with Crippen molar-refractivity contribution in [3.63, 3.8) is 0 Å². The molecule has 8 heteroatoms. The number of aromatic nitrogens is 1. The number of carbonyl (C=O) groups is 2. The van der Waals surface area contributed by atoms with Crippen molar-refractivity contribution in [2.75, 3.05) is 11.9 Å². The van der Waals surface area contributed by atoms with Gasteiger partial charge in [0.15, 0.2) is 5.11 Å². The molecule has 0 radical (unpaired) electrons. The van der Waals surface area contributed by atoms with E-state index in [0.717, 1.165) is 16.9 Å². The number of hydrogen-bond donors (Lipinski definition) is 1. The van der Waals surface area contributed by atoms with Gasteiger partial charge >= 0.3 is 0 Å². The van der Waals surface area contributed by atoms with Crippen molar-refractivity contribution in [2.45, 2.75) is 32.5 Å². The van der Waals surface area contributed by atoms with Crippen molar-refractivity contribution in [1.82, 2.24) is 14.8 Å². The van der Waals surface area contributed by atoms with E-state index < -0.39 is 6.04 Å². The minimum atomic E-state index is -0.695. The zero-order chi connectivity index (χ0) is 23.9. The molecule has 2 heterocycles. The standard InChI is InChI=1S/C26H26N4O3S/c1-2-33-22-12-10-21(11-13-22)28-24(31)15-23-25(32)30(17-19-7-4-3-5-8-19)26(34)29(23)18-20-9-6-14-27-16-20/h3-14,16,23H,2,15,17-18H2,1H3,(H,28,31)/t23-/m0/s1. The van der Waals surface area contributed by atoms with Crippen LogP contribution in [0.15, 0.2) is 79.1 Å². The molecule has 1 N–H and O–H groups in total. The predicted octanol–water partition coefficient (Wildman–Crippen LogP) is 4.01. The van der Waals surface area contributed by atoms with Crippen molar-refractivity contribution in [3.05, 3.63) is 90.3 Å². The summed E-state index contributed by atoms with van der Waals surface area (Å²) < 4.78 is 5.44. The number of ether oxygens (including phenoxy) is 1. The van der Waals surface area contributed by atoms with Crippen LogP contribution in [0.2, 0.25) is 0 Å². The summed E-state index contributed by atoms with van der Waals surface area (Å²) in [5.74, 6) is 0.290. The number of benzene rings is 2. The minimum Gasteiger partial charge on any atom is -0.494 e. The number of anilines is 1. The van der Waals surface area contributed by atoms with Gasteiger partial charge in [-0.2, -0.15) is 0 Å². The van der Waals surface area contributed by atoms with Crippen LogP contribution in [0, 0.1) is 0 Å². The fourth-order valence-corrected chi connectivity index (χ4v) is 4.21. The van der Waals surface area contributed by atoms with E-state index in [0.29, 0.717) is 30.5 Å². The molecule has 0 spiro atoms. The number of hydrogen-bond acceptors (Lipinski definition) is 5. The minimum absolute atomic E-state index is 0.0161. The molecule has 1 saturated heterocycles. The molecule has 1 atom stereocenters. The lowest BCUT2D eigenvalue weighted by Gasteiger charge is -2.24. The van der Waals surface area contributed by atoms with Crippen LogP contribution in [0.5, 0.6) is 5.75 Å². The monoisotopic (exact) mass is 474 g/mol. The Labute approximate surface area is 204 Å². The third-order valence-electron chi connectivity index (χ3n) is 5.49. The maximum Gasteiger partial charge on any atom is 0.252 e. The highest BCUT2D eigenvalue weighted by atomic mass is 32.1. The van der Waals surface area contributed by atoms with Gasteiger partial charge in [0.25, 0.3) is 5.91 Å². The maximum atomic E-state index is 13.4. The fraction of sp³-hybridized carbons (Fsp3) is 0.231. The molecular weight excluding hydrogens is 448 g/mol. The number of nitrogens with one attached hydrogen (secondary N) is 1. The second-order valence-electron chi connectivity index (χ2n) is 7.91. The third kappa shape index (κ3) is 5.58. The van der Waals surface area contributed by atoms with Gasteiger partial charge in [0, 0.05) is 24.6 Å². The largest absolute Gasteiger partial charge is 0.494 e. The van der Waals surface area contributed by atoms with E-state index in [9.17, 15) is 9.59 Å². The molecule has 4 rings (SSSR count). The van der Waals surface area contributed by atoms with Crippen LogP contribution < -0.4 is 10.1 Å². The van der Waals surface area contributed by atoms with Gasteiger partial charge in [0.1, 0.15) is 11.8 Å². The third-order valence-corrected chi connectivity index (χ3v) is 5.95. The second-order valence-corrected chi connectivity index (χ2v) is 8.27. The zero-order valence-corrected chi connectivity index (χ0v) is 19.7. The lowest BCUT2D eigenvalue weighted by molar-refractivity contribution is -0.131. The number of amides is 2. The van der Waals surface area contributed by atoms with Gasteiger partial charge in [0.05, 0.1) is 19.6 Å². The average Bonchev–Trinajstić information content (AvgIpc) is 3.06. The first-order chi connectivity index (χ1) is 16.5. The van der Waals surface area contributed by atoms with Gasteiger partial charge < -0.3 is 15.0 Å². The van der Waals surface area contributed by atoms with Crippen LogP contribution in [-0.2, 0) is 22.7 Å². The second kappa shape index (κ2) is 10.9. The number of carbonyl (C=O) groups excluding carboxylic acids is 2. The number of pyridine rings is 1. The van der Waals surface area contributed by atoms with Crippen LogP contribution in [0.1, 0.15) is 24.5 Å². The Hall–Kier alpha value is -3.78. The average molecular weight is 475 g/mol. The zero-order valence-electron chi connectivity index (χ0n) is 18.9. The number of thiocarbonyl (C=S) groups is 1. The molecule has 174 valence electrons. The highest BCUT2D eigenvalue weighted by Crippen LogP contribution is 2.26. The summed E-state index contributed by atoms with van der Waals surface area (Å²) in [6.07, 6.45) is 3.42. The Morgan fingerprint density at radius 1 is 1.03 bits per heavy atom. The number of rotatable bonds is 9. The molecule has 1 fully saturated rings. The topological polar surface area (TPSA) is 74.8 Å². The van der Waals surface area contributed by atoms with Crippen LogP contribution in [0.3, 0.4) is 0 Å². The van der Waals surface area contributed by atoms with Gasteiger partial charge in [-0.15, -0.1) is 0 Å². The van der Waals surface area contributed by atoms with E-state index in [1.165, 1.54) is 0 Å². The van der Waals surface area contributed by atoms with Gasteiger partial charge in [-0.1, -0.05) is 36.4 Å². The lowest BCUT2D eigenvalue weighted by Crippen LogP contribution is -2.37. The van der Waals surface area contributed by atoms with Crippen molar-refractivity contribution in [1.29, 1.82) is 0 Å². The Balaban J connectivity index is 1.51. The smallest absolute Gasteiger partial charge is 0.252 e. The van der Waals surface area contributed by atoms with Crippen LogP contribution in [0.25, 0.3) is 0 Å². The van der Waals surface area contributed by atoms with Crippen LogP contribution in [-0.4, -0.2) is 44.4 Å². The van der Waals surface area contributed by atoms with Crippen molar-refractivity contribution < 1.29 is 14.3 Å². The first-order valence-corrected chi connectivity index (χ1v) is 11.5. The molecule has 1 aromatic heterocycles. The summed E-state index contributed by atoms with van der Waals surface area (Å²) in [7, 11) is 0. The summed E-state index contributed by atoms with van der Waals surface area (Å²) in [6.45, 7) is 3.24. The van der Waals surface area contributed by atoms with E-state index in [1.807, 2.05) is 54.3 Å². The molecule has 1 aliphatic heterocycles. The fourth-order valence-electron chi connectivity index (χ4n) is 3.86. The molecular formula is C26H26N4O3S. The first kappa shape index (κ1) is 23.4. The molecule has 3 aromatic rings. The van der Waals surface area contributed by atoms with Crippen molar-refractivity contribution in [3.8, 4) is 5.75 Å². The van der Waals surface area contributed by atoms with E-state index in [4.69, 9.17) is 17.0 Å². The van der Waals surface area contributed by atoms with Crippen molar-refractivity contribution >= 4 is 34.8 Å². The molecule has 34 heavy (non-hydrogen) atoms. The summed E-state index contributed by atoms with van der Waals surface area (Å²) in [5.41, 5.74) is 2.52. The predicted molar refractivity (Wildman–Crippen MR) is 134 cm³/mol. The highest BCUT2D eigenvalue weighted by Gasteiger charge is 2.43. The molecule has 0 unspecified atom stereocenters. The molecule has 2 amide bonds. The van der Waals surface area contributed by atoms with Crippen molar-refractivity contribution in [2.24, 2.45) is 0 Å². The Kier molecular flexibility index (Phi) is 7.49. The van der Waals surface area contributed by atoms with Crippen LogP contribution >= 0.6 is 12.2 Å². The highest BCUT2D eigenvalue weighted by molar-refractivity contribution is 7.80. The van der Waals surface area contributed by atoms with Gasteiger partial charge in [-0.25, -0.2) is 0 Å². The SMILES string of the molecule is CCOc1ccc(NC(=O)C[C@H]2C(=O)N(Cc3ccccc3)C(=S)N2Cc2cccnc2)cc1. The molecule has 1 aliphatic rings. The molecule has 0 saturated carbocycles. The molecule has 2 aromatic carbocycles. The quantitative estimate of drug-likeness (QED) is 0.473. The van der Waals surface area contributed by atoms with Gasteiger partial charge in [-0.3, -0.25) is 19.5 Å². The van der Waals surface area contributed by atoms with E-state index >= 15 is 0 Å². The molecule has 7 nitrogen and oxygen atoms in total.